The van der Waals surface area contributed by atoms with Crippen LogP contribution in [0.25, 0.3) is 11.3 Å². The molecule has 4 rings (SSSR count). The van der Waals surface area contributed by atoms with Crippen molar-refractivity contribution < 1.29 is 9.59 Å². The molecule has 0 saturated carbocycles. The molecule has 1 aliphatic rings. The van der Waals surface area contributed by atoms with E-state index in [1.165, 1.54) is 12.5 Å². The van der Waals surface area contributed by atoms with E-state index in [2.05, 4.69) is 27.4 Å². The van der Waals surface area contributed by atoms with E-state index in [1.807, 2.05) is 47.4 Å². The summed E-state index contributed by atoms with van der Waals surface area (Å²) < 4.78 is 0. The maximum Gasteiger partial charge on any atom is 0.222 e. The molecule has 0 spiro atoms. The van der Waals surface area contributed by atoms with Crippen LogP contribution in [0.5, 0.6) is 0 Å². The summed E-state index contributed by atoms with van der Waals surface area (Å²) in [4.78, 5) is 35.6. The Balaban J connectivity index is 1.49. The van der Waals surface area contributed by atoms with Gasteiger partial charge in [-0.15, -0.1) is 0 Å². The Morgan fingerprint density at radius 1 is 1.06 bits per heavy atom. The molecule has 0 unspecified atom stereocenters. The molecule has 0 radical (unpaired) electrons. The van der Waals surface area contributed by atoms with E-state index in [-0.39, 0.29) is 17.7 Å². The van der Waals surface area contributed by atoms with Crippen LogP contribution >= 0.6 is 0 Å². The normalized spacial score (nSPS) is 15.9. The number of carbonyl (C=O) groups is 2. The molecular formula is C26H28N4O2. The number of piperidine rings is 1. The fraction of sp³-hybridized carbons (Fsp3) is 0.308. The average molecular weight is 429 g/mol. The number of likely N-dealkylation sites (tertiary alicyclic amines) is 1. The summed E-state index contributed by atoms with van der Waals surface area (Å²) >= 11 is 0. The molecule has 1 atom stereocenters. The summed E-state index contributed by atoms with van der Waals surface area (Å²) in [5.41, 5.74) is 4.54. The number of rotatable bonds is 6. The quantitative estimate of drug-likeness (QED) is 0.630. The third-order valence-corrected chi connectivity index (χ3v) is 5.81. The topological polar surface area (TPSA) is 75.2 Å². The molecular weight excluding hydrogens is 400 g/mol. The van der Waals surface area contributed by atoms with Crippen LogP contribution in [0.15, 0.2) is 67.0 Å². The summed E-state index contributed by atoms with van der Waals surface area (Å²) in [5, 5.41) is 2.82. The van der Waals surface area contributed by atoms with E-state index >= 15 is 0 Å². The lowest BCUT2D eigenvalue weighted by Crippen LogP contribution is -2.39. The van der Waals surface area contributed by atoms with Gasteiger partial charge in [0.15, 0.2) is 0 Å². The van der Waals surface area contributed by atoms with Gasteiger partial charge in [0.2, 0.25) is 11.8 Å². The Kier molecular flexibility index (Phi) is 6.90. The number of aryl methyl sites for hydroxylation is 1. The Morgan fingerprint density at radius 2 is 1.88 bits per heavy atom. The predicted molar refractivity (Wildman–Crippen MR) is 125 cm³/mol. The molecule has 0 aliphatic carbocycles. The molecule has 2 amide bonds. The van der Waals surface area contributed by atoms with Crippen molar-refractivity contribution in [2.75, 3.05) is 18.4 Å². The van der Waals surface area contributed by atoms with Crippen molar-refractivity contribution in [2.45, 2.75) is 38.5 Å². The standard InChI is InChI=1S/C26H28N4O2/c1-19(31)29-23-11-5-9-21(17-23)25-26(28-15-14-27-25)22-10-6-16-30(18-22)24(32)13-12-20-7-3-2-4-8-20/h2-5,7-9,11,14-15,17,22H,6,10,12-13,16,18H2,1H3,(H,29,31)/t22-/m0/s1. The molecule has 1 aliphatic heterocycles. The highest BCUT2D eigenvalue weighted by molar-refractivity contribution is 5.89. The first-order chi connectivity index (χ1) is 15.6. The average Bonchev–Trinajstić information content (AvgIpc) is 2.83. The number of nitrogens with one attached hydrogen (secondary N) is 1. The van der Waals surface area contributed by atoms with Crippen molar-refractivity contribution in [1.82, 2.24) is 14.9 Å². The number of carbonyl (C=O) groups excluding carboxylic acids is 2. The molecule has 1 saturated heterocycles. The number of aromatic nitrogens is 2. The fourth-order valence-corrected chi connectivity index (χ4v) is 4.30. The third kappa shape index (κ3) is 5.38. The lowest BCUT2D eigenvalue weighted by atomic mass is 9.91. The second-order valence-corrected chi connectivity index (χ2v) is 8.22. The number of anilines is 1. The lowest BCUT2D eigenvalue weighted by molar-refractivity contribution is -0.132. The Hall–Kier alpha value is -3.54. The number of hydrogen-bond acceptors (Lipinski definition) is 4. The predicted octanol–water partition coefficient (Wildman–Crippen LogP) is 4.44. The summed E-state index contributed by atoms with van der Waals surface area (Å²) in [6.07, 6.45) is 6.60. The Bertz CT molecular complexity index is 1080. The highest BCUT2D eigenvalue weighted by Gasteiger charge is 2.27. The van der Waals surface area contributed by atoms with E-state index in [0.717, 1.165) is 48.4 Å². The third-order valence-electron chi connectivity index (χ3n) is 5.81. The zero-order chi connectivity index (χ0) is 22.3. The minimum atomic E-state index is -0.113. The van der Waals surface area contributed by atoms with Gasteiger partial charge in [-0.25, -0.2) is 0 Å². The van der Waals surface area contributed by atoms with E-state index in [4.69, 9.17) is 0 Å². The van der Waals surface area contributed by atoms with Crippen LogP contribution in [0.3, 0.4) is 0 Å². The van der Waals surface area contributed by atoms with Crippen LogP contribution < -0.4 is 5.32 Å². The molecule has 6 heteroatoms. The number of hydrogen-bond donors (Lipinski definition) is 1. The minimum absolute atomic E-state index is 0.113. The minimum Gasteiger partial charge on any atom is -0.342 e. The Labute approximate surface area is 188 Å². The van der Waals surface area contributed by atoms with Crippen molar-refractivity contribution in [1.29, 1.82) is 0 Å². The van der Waals surface area contributed by atoms with Gasteiger partial charge in [-0.2, -0.15) is 0 Å². The monoisotopic (exact) mass is 428 g/mol. The van der Waals surface area contributed by atoms with Gasteiger partial charge < -0.3 is 10.2 Å². The van der Waals surface area contributed by atoms with E-state index in [9.17, 15) is 9.59 Å². The Morgan fingerprint density at radius 3 is 2.69 bits per heavy atom. The smallest absolute Gasteiger partial charge is 0.222 e. The zero-order valence-corrected chi connectivity index (χ0v) is 18.3. The van der Waals surface area contributed by atoms with Crippen molar-refractivity contribution >= 4 is 17.5 Å². The summed E-state index contributed by atoms with van der Waals surface area (Å²) in [6.45, 7) is 2.94. The van der Waals surface area contributed by atoms with Gasteiger partial charge in [0.1, 0.15) is 0 Å². The van der Waals surface area contributed by atoms with Gasteiger partial charge in [-0.1, -0.05) is 42.5 Å². The largest absolute Gasteiger partial charge is 0.342 e. The van der Waals surface area contributed by atoms with Crippen LogP contribution in [-0.4, -0.2) is 39.8 Å². The van der Waals surface area contributed by atoms with Gasteiger partial charge in [0, 0.05) is 56.0 Å². The molecule has 3 aromatic rings. The second kappa shape index (κ2) is 10.2. The van der Waals surface area contributed by atoms with Crippen LogP contribution in [0.1, 0.15) is 43.4 Å². The van der Waals surface area contributed by atoms with E-state index < -0.39 is 0 Å². The first-order valence-electron chi connectivity index (χ1n) is 11.1. The zero-order valence-electron chi connectivity index (χ0n) is 18.3. The molecule has 1 N–H and O–H groups in total. The van der Waals surface area contributed by atoms with Gasteiger partial charge in [0.25, 0.3) is 0 Å². The fourth-order valence-electron chi connectivity index (χ4n) is 4.30. The van der Waals surface area contributed by atoms with Crippen LogP contribution in [0.2, 0.25) is 0 Å². The first-order valence-corrected chi connectivity index (χ1v) is 11.1. The van der Waals surface area contributed by atoms with Gasteiger partial charge in [0.05, 0.1) is 11.4 Å². The molecule has 6 nitrogen and oxygen atoms in total. The van der Waals surface area contributed by atoms with Gasteiger partial charge >= 0.3 is 0 Å². The summed E-state index contributed by atoms with van der Waals surface area (Å²) in [5.74, 6) is 0.215. The van der Waals surface area contributed by atoms with Gasteiger partial charge in [-0.05, 0) is 37.0 Å². The SMILES string of the molecule is CC(=O)Nc1cccc(-c2nccnc2[C@H]2CCCN(C(=O)CCc3ccccc3)C2)c1. The highest BCUT2D eigenvalue weighted by atomic mass is 16.2. The highest BCUT2D eigenvalue weighted by Crippen LogP contribution is 2.32. The molecule has 1 fully saturated rings. The molecule has 164 valence electrons. The lowest BCUT2D eigenvalue weighted by Gasteiger charge is -2.33. The van der Waals surface area contributed by atoms with Crippen molar-refractivity contribution in [3.05, 3.63) is 78.2 Å². The summed E-state index contributed by atoms with van der Waals surface area (Å²) in [7, 11) is 0. The molecule has 2 heterocycles. The summed E-state index contributed by atoms with van der Waals surface area (Å²) in [6, 6.07) is 17.8. The van der Waals surface area contributed by atoms with E-state index in [1.54, 1.807) is 12.4 Å². The number of nitrogens with zero attached hydrogens (tertiary/aromatic N) is 3. The van der Waals surface area contributed by atoms with Crippen molar-refractivity contribution in [3.8, 4) is 11.3 Å². The maximum absolute atomic E-state index is 12.9. The molecule has 0 bridgehead atoms. The van der Waals surface area contributed by atoms with Crippen LogP contribution in [0.4, 0.5) is 5.69 Å². The van der Waals surface area contributed by atoms with Crippen molar-refractivity contribution in [3.63, 3.8) is 0 Å². The molecule has 2 aromatic carbocycles. The molecule has 1 aromatic heterocycles. The van der Waals surface area contributed by atoms with Gasteiger partial charge in [-0.3, -0.25) is 19.6 Å². The second-order valence-electron chi connectivity index (χ2n) is 8.22. The van der Waals surface area contributed by atoms with Crippen LogP contribution in [-0.2, 0) is 16.0 Å². The number of benzene rings is 2. The van der Waals surface area contributed by atoms with E-state index in [0.29, 0.717) is 13.0 Å². The molecule has 32 heavy (non-hydrogen) atoms. The van der Waals surface area contributed by atoms with Crippen molar-refractivity contribution in [2.24, 2.45) is 0 Å². The maximum atomic E-state index is 12.9. The first kappa shape index (κ1) is 21.7. The van der Waals surface area contributed by atoms with Crippen LogP contribution in [0, 0.1) is 0 Å². The number of amides is 2.